The Balaban J connectivity index is 2.49. The molecule has 1 rings (SSSR count). The highest BCUT2D eigenvalue weighted by Gasteiger charge is 2.03. The third-order valence-corrected chi connectivity index (χ3v) is 2.10. The van der Waals surface area contributed by atoms with E-state index in [-0.39, 0.29) is 0 Å². The van der Waals surface area contributed by atoms with Crippen molar-refractivity contribution in [2.24, 2.45) is 11.8 Å². The van der Waals surface area contributed by atoms with Crippen LogP contribution in [0.1, 0.15) is 19.4 Å². The summed E-state index contributed by atoms with van der Waals surface area (Å²) in [6.07, 6.45) is 1.85. The average molecular weight is 208 g/mol. The molecule has 1 aromatic rings. The Morgan fingerprint density at radius 2 is 2.20 bits per heavy atom. The van der Waals surface area contributed by atoms with Crippen LogP contribution in [0.3, 0.4) is 0 Å². The van der Waals surface area contributed by atoms with Crippen LogP contribution >= 0.6 is 0 Å². The van der Waals surface area contributed by atoms with E-state index in [9.17, 15) is 0 Å². The molecule has 1 aromatic heterocycles. The van der Waals surface area contributed by atoms with Gasteiger partial charge in [0.05, 0.1) is 0 Å². The fourth-order valence-corrected chi connectivity index (χ4v) is 1.60. The van der Waals surface area contributed by atoms with E-state index in [0.717, 1.165) is 13.1 Å². The van der Waals surface area contributed by atoms with E-state index in [1.807, 2.05) is 18.3 Å². The summed E-state index contributed by atoms with van der Waals surface area (Å²) in [6.45, 7) is 6.46. The first kappa shape index (κ1) is 11.9. The largest absolute Gasteiger partial charge is 0.308 e. The fourth-order valence-electron chi connectivity index (χ4n) is 1.60. The molecule has 4 nitrogen and oxygen atoms in total. The second-order valence-electron chi connectivity index (χ2n) is 4.29. The van der Waals surface area contributed by atoms with Crippen LogP contribution in [0.15, 0.2) is 18.3 Å². The zero-order chi connectivity index (χ0) is 11.3. The first-order valence-corrected chi connectivity index (χ1v) is 5.22. The predicted molar refractivity (Wildman–Crippen MR) is 63.2 cm³/mol. The summed E-state index contributed by atoms with van der Waals surface area (Å²) in [5.74, 6) is 6.63. The first-order valence-electron chi connectivity index (χ1n) is 5.22. The van der Waals surface area contributed by atoms with Crippen molar-refractivity contribution in [1.29, 1.82) is 0 Å². The third-order valence-electron chi connectivity index (χ3n) is 2.10. The van der Waals surface area contributed by atoms with Crippen LogP contribution in [0.5, 0.6) is 0 Å². The molecule has 1 heterocycles. The van der Waals surface area contributed by atoms with E-state index >= 15 is 0 Å². The van der Waals surface area contributed by atoms with Gasteiger partial charge in [0.15, 0.2) is 0 Å². The maximum absolute atomic E-state index is 5.24. The van der Waals surface area contributed by atoms with Gasteiger partial charge in [0.25, 0.3) is 0 Å². The number of pyridine rings is 1. The molecule has 0 bridgehead atoms. The van der Waals surface area contributed by atoms with Gasteiger partial charge in [-0.25, -0.2) is 10.8 Å². The molecule has 84 valence electrons. The minimum Gasteiger partial charge on any atom is -0.308 e. The SMILES string of the molecule is CC(C)CN(C)Cc1ccc(NN)nc1. The van der Waals surface area contributed by atoms with Gasteiger partial charge in [-0.2, -0.15) is 0 Å². The van der Waals surface area contributed by atoms with Crippen molar-refractivity contribution < 1.29 is 0 Å². The van der Waals surface area contributed by atoms with Crippen molar-refractivity contribution in [1.82, 2.24) is 9.88 Å². The summed E-state index contributed by atoms with van der Waals surface area (Å²) in [7, 11) is 2.12. The Morgan fingerprint density at radius 1 is 1.47 bits per heavy atom. The van der Waals surface area contributed by atoms with Crippen LogP contribution in [-0.4, -0.2) is 23.5 Å². The number of aromatic nitrogens is 1. The highest BCUT2D eigenvalue weighted by Crippen LogP contribution is 2.07. The Labute approximate surface area is 91.5 Å². The topological polar surface area (TPSA) is 54.2 Å². The molecule has 0 fully saturated rings. The lowest BCUT2D eigenvalue weighted by Gasteiger charge is -2.18. The molecule has 15 heavy (non-hydrogen) atoms. The summed E-state index contributed by atoms with van der Waals surface area (Å²) in [5.41, 5.74) is 3.72. The highest BCUT2D eigenvalue weighted by atomic mass is 15.2. The molecular formula is C11H20N4. The normalized spacial score (nSPS) is 11.1. The fraction of sp³-hybridized carbons (Fsp3) is 0.545. The van der Waals surface area contributed by atoms with Crippen molar-refractivity contribution in [3.63, 3.8) is 0 Å². The molecule has 4 heteroatoms. The van der Waals surface area contributed by atoms with E-state index in [1.54, 1.807) is 0 Å². The smallest absolute Gasteiger partial charge is 0.139 e. The van der Waals surface area contributed by atoms with Gasteiger partial charge in [0, 0.05) is 19.3 Å². The summed E-state index contributed by atoms with van der Waals surface area (Å²) in [5, 5.41) is 0. The number of hydrazine groups is 1. The first-order chi connectivity index (χ1) is 7.11. The number of anilines is 1. The molecule has 0 aliphatic rings. The molecular weight excluding hydrogens is 188 g/mol. The van der Waals surface area contributed by atoms with Gasteiger partial charge in [-0.3, -0.25) is 0 Å². The van der Waals surface area contributed by atoms with Crippen LogP contribution in [0, 0.1) is 5.92 Å². The molecule has 0 aromatic carbocycles. The zero-order valence-electron chi connectivity index (χ0n) is 9.70. The van der Waals surface area contributed by atoms with Gasteiger partial charge < -0.3 is 10.3 Å². The Kier molecular flexibility index (Phi) is 4.52. The number of nitrogen functional groups attached to an aromatic ring is 1. The van der Waals surface area contributed by atoms with Crippen LogP contribution < -0.4 is 11.3 Å². The maximum atomic E-state index is 5.24. The van der Waals surface area contributed by atoms with Crippen molar-refractivity contribution in [3.05, 3.63) is 23.9 Å². The molecule has 0 radical (unpaired) electrons. The second kappa shape index (κ2) is 5.68. The van der Waals surface area contributed by atoms with Crippen LogP contribution in [0.25, 0.3) is 0 Å². The molecule has 0 spiro atoms. The van der Waals surface area contributed by atoms with Gasteiger partial charge in [0.2, 0.25) is 0 Å². The van der Waals surface area contributed by atoms with Crippen LogP contribution in [-0.2, 0) is 6.54 Å². The number of nitrogens with one attached hydrogen (secondary N) is 1. The van der Waals surface area contributed by atoms with Crippen molar-refractivity contribution >= 4 is 5.82 Å². The number of nitrogens with two attached hydrogens (primary N) is 1. The summed E-state index contributed by atoms with van der Waals surface area (Å²) in [6, 6.07) is 3.93. The monoisotopic (exact) mass is 208 g/mol. The average Bonchev–Trinajstić information content (AvgIpc) is 2.17. The third kappa shape index (κ3) is 4.27. The number of rotatable bonds is 5. The Bertz CT molecular complexity index is 281. The van der Waals surface area contributed by atoms with Crippen LogP contribution in [0.4, 0.5) is 5.82 Å². The minimum absolute atomic E-state index is 0.688. The predicted octanol–water partition coefficient (Wildman–Crippen LogP) is 1.45. The summed E-state index contributed by atoms with van der Waals surface area (Å²) >= 11 is 0. The molecule has 3 N–H and O–H groups in total. The Hall–Kier alpha value is -1.13. The van der Waals surface area contributed by atoms with Gasteiger partial charge in [-0.05, 0) is 24.6 Å². The number of nitrogens with zero attached hydrogens (tertiary/aromatic N) is 2. The molecule has 0 unspecified atom stereocenters. The van der Waals surface area contributed by atoms with Crippen molar-refractivity contribution in [3.8, 4) is 0 Å². The highest BCUT2D eigenvalue weighted by molar-refractivity contribution is 5.33. The summed E-state index contributed by atoms with van der Waals surface area (Å²) < 4.78 is 0. The lowest BCUT2D eigenvalue weighted by atomic mass is 10.2. The number of hydrogen-bond donors (Lipinski definition) is 2. The quantitative estimate of drug-likeness (QED) is 0.568. The zero-order valence-corrected chi connectivity index (χ0v) is 9.70. The van der Waals surface area contributed by atoms with E-state index in [4.69, 9.17) is 5.84 Å². The molecule has 0 aliphatic carbocycles. The molecule has 0 saturated heterocycles. The molecule has 0 saturated carbocycles. The standard InChI is InChI=1S/C11H20N4/c1-9(2)7-15(3)8-10-4-5-11(14-12)13-6-10/h4-6,9H,7-8,12H2,1-3H3,(H,13,14). The van der Waals surface area contributed by atoms with E-state index < -0.39 is 0 Å². The van der Waals surface area contributed by atoms with Gasteiger partial charge in [-0.15, -0.1) is 0 Å². The number of hydrogen-bond acceptors (Lipinski definition) is 4. The van der Waals surface area contributed by atoms with Gasteiger partial charge in [0.1, 0.15) is 5.82 Å². The lowest BCUT2D eigenvalue weighted by Crippen LogP contribution is -2.22. The Morgan fingerprint density at radius 3 is 2.67 bits per heavy atom. The maximum Gasteiger partial charge on any atom is 0.139 e. The lowest BCUT2D eigenvalue weighted by molar-refractivity contribution is 0.288. The van der Waals surface area contributed by atoms with Crippen molar-refractivity contribution in [2.45, 2.75) is 20.4 Å². The summed E-state index contributed by atoms with van der Waals surface area (Å²) in [4.78, 5) is 6.46. The van der Waals surface area contributed by atoms with E-state index in [0.29, 0.717) is 11.7 Å². The molecule has 0 aliphatic heterocycles. The van der Waals surface area contributed by atoms with Gasteiger partial charge >= 0.3 is 0 Å². The van der Waals surface area contributed by atoms with Crippen LogP contribution in [0.2, 0.25) is 0 Å². The molecule has 0 atom stereocenters. The molecule has 0 amide bonds. The van der Waals surface area contributed by atoms with E-state index in [2.05, 4.69) is 36.2 Å². The van der Waals surface area contributed by atoms with E-state index in [1.165, 1.54) is 5.56 Å². The van der Waals surface area contributed by atoms with Gasteiger partial charge in [-0.1, -0.05) is 19.9 Å². The second-order valence-corrected chi connectivity index (χ2v) is 4.29. The minimum atomic E-state index is 0.688. The van der Waals surface area contributed by atoms with Crippen molar-refractivity contribution in [2.75, 3.05) is 19.0 Å².